The number of aromatic hydroxyl groups is 1. The summed E-state index contributed by atoms with van der Waals surface area (Å²) in [4.78, 5) is 4.48. The summed E-state index contributed by atoms with van der Waals surface area (Å²) in [5, 5.41) is 10.00. The van der Waals surface area contributed by atoms with Crippen molar-refractivity contribution in [1.29, 1.82) is 0 Å². The summed E-state index contributed by atoms with van der Waals surface area (Å²) in [7, 11) is 0. The predicted molar refractivity (Wildman–Crippen MR) is 74.7 cm³/mol. The zero-order valence-corrected chi connectivity index (χ0v) is 11.3. The molecule has 2 heterocycles. The molecule has 0 atom stereocenters. The lowest BCUT2D eigenvalue weighted by Gasteiger charge is -2.04. The Morgan fingerprint density at radius 2 is 1.94 bits per heavy atom. The van der Waals surface area contributed by atoms with Crippen LogP contribution >= 0.6 is 15.9 Å². The zero-order chi connectivity index (χ0) is 12.7. The van der Waals surface area contributed by atoms with Crippen LogP contribution in [0.4, 0.5) is 0 Å². The van der Waals surface area contributed by atoms with E-state index >= 15 is 0 Å². The van der Waals surface area contributed by atoms with Gasteiger partial charge in [0, 0.05) is 5.56 Å². The number of hydrogen-bond donors (Lipinski definition) is 1. The molecule has 0 aliphatic heterocycles. The molecule has 2 aromatic heterocycles. The minimum Gasteiger partial charge on any atom is -0.494 e. The minimum atomic E-state index is 0.183. The highest BCUT2D eigenvalue weighted by atomic mass is 79.9. The SMILES string of the molecule is Cc1cccc(-c2nc(Br)c3cccc(O)n23)c1. The van der Waals surface area contributed by atoms with Crippen molar-refractivity contribution in [3.05, 3.63) is 52.6 Å². The molecule has 0 radical (unpaired) electrons. The third-order valence-electron chi connectivity index (χ3n) is 2.87. The summed E-state index contributed by atoms with van der Waals surface area (Å²) in [5.41, 5.74) is 3.00. The van der Waals surface area contributed by atoms with Crippen LogP contribution in [0.3, 0.4) is 0 Å². The summed E-state index contributed by atoms with van der Waals surface area (Å²) in [6.07, 6.45) is 0. The normalized spacial score (nSPS) is 11.0. The second kappa shape index (κ2) is 4.14. The molecule has 1 N–H and O–H groups in total. The maximum Gasteiger partial charge on any atom is 0.197 e. The first-order valence-corrected chi connectivity index (χ1v) is 6.39. The molecule has 3 nitrogen and oxygen atoms in total. The van der Waals surface area contributed by atoms with Gasteiger partial charge in [-0.1, -0.05) is 29.8 Å². The van der Waals surface area contributed by atoms with Crippen molar-refractivity contribution in [3.8, 4) is 17.3 Å². The molecule has 0 bridgehead atoms. The Morgan fingerprint density at radius 1 is 1.17 bits per heavy atom. The number of imidazole rings is 1. The van der Waals surface area contributed by atoms with Crippen molar-refractivity contribution in [2.24, 2.45) is 0 Å². The van der Waals surface area contributed by atoms with E-state index in [0.717, 1.165) is 27.1 Å². The average molecular weight is 303 g/mol. The van der Waals surface area contributed by atoms with E-state index < -0.39 is 0 Å². The van der Waals surface area contributed by atoms with Crippen LogP contribution in [0.5, 0.6) is 5.88 Å². The van der Waals surface area contributed by atoms with Crippen molar-refractivity contribution < 1.29 is 5.11 Å². The van der Waals surface area contributed by atoms with Crippen LogP contribution in [-0.2, 0) is 0 Å². The Balaban J connectivity index is 2.36. The molecule has 0 saturated heterocycles. The fourth-order valence-electron chi connectivity index (χ4n) is 2.06. The number of aryl methyl sites for hydroxylation is 1. The first kappa shape index (κ1) is 11.3. The molecule has 0 unspecified atom stereocenters. The number of benzene rings is 1. The van der Waals surface area contributed by atoms with E-state index in [4.69, 9.17) is 0 Å². The zero-order valence-electron chi connectivity index (χ0n) is 9.76. The van der Waals surface area contributed by atoms with E-state index in [-0.39, 0.29) is 5.88 Å². The second-order valence-corrected chi connectivity index (χ2v) is 4.95. The minimum absolute atomic E-state index is 0.183. The number of hydrogen-bond acceptors (Lipinski definition) is 2. The van der Waals surface area contributed by atoms with Gasteiger partial charge in [0.2, 0.25) is 0 Å². The highest BCUT2D eigenvalue weighted by molar-refractivity contribution is 9.10. The van der Waals surface area contributed by atoms with Gasteiger partial charge in [-0.15, -0.1) is 0 Å². The molecule has 18 heavy (non-hydrogen) atoms. The van der Waals surface area contributed by atoms with Gasteiger partial charge < -0.3 is 5.11 Å². The lowest BCUT2D eigenvalue weighted by Crippen LogP contribution is -1.90. The molecule has 1 aromatic carbocycles. The van der Waals surface area contributed by atoms with Crippen molar-refractivity contribution in [1.82, 2.24) is 9.38 Å². The maximum absolute atomic E-state index is 10.00. The largest absolute Gasteiger partial charge is 0.494 e. The first-order valence-electron chi connectivity index (χ1n) is 5.60. The lowest BCUT2D eigenvalue weighted by molar-refractivity contribution is 0.447. The third kappa shape index (κ3) is 1.69. The molecule has 0 fully saturated rings. The molecular weight excluding hydrogens is 292 g/mol. The van der Waals surface area contributed by atoms with Crippen LogP contribution < -0.4 is 0 Å². The quantitative estimate of drug-likeness (QED) is 0.743. The van der Waals surface area contributed by atoms with E-state index in [9.17, 15) is 5.11 Å². The molecule has 90 valence electrons. The van der Waals surface area contributed by atoms with Crippen LogP contribution in [0.25, 0.3) is 16.9 Å². The van der Waals surface area contributed by atoms with Crippen LogP contribution in [0.1, 0.15) is 5.56 Å². The molecule has 3 aromatic rings. The number of nitrogens with zero attached hydrogens (tertiary/aromatic N) is 2. The average Bonchev–Trinajstić information content (AvgIpc) is 2.69. The standard InChI is InChI=1S/C14H11BrN2O/c1-9-4-2-5-10(8-9)14-16-13(15)11-6-3-7-12(18)17(11)14/h2-8,18H,1H3. The Bertz CT molecular complexity index is 734. The Morgan fingerprint density at radius 3 is 2.72 bits per heavy atom. The van der Waals surface area contributed by atoms with Gasteiger partial charge >= 0.3 is 0 Å². The fourth-order valence-corrected chi connectivity index (χ4v) is 2.54. The monoisotopic (exact) mass is 302 g/mol. The molecule has 3 rings (SSSR count). The first-order chi connectivity index (χ1) is 8.66. The van der Waals surface area contributed by atoms with Gasteiger partial charge in [-0.05, 0) is 41.1 Å². The van der Waals surface area contributed by atoms with Gasteiger partial charge in [0.25, 0.3) is 0 Å². The number of halogens is 1. The smallest absolute Gasteiger partial charge is 0.197 e. The summed E-state index contributed by atoms with van der Waals surface area (Å²) >= 11 is 3.42. The molecule has 4 heteroatoms. The number of aromatic nitrogens is 2. The van der Waals surface area contributed by atoms with Crippen molar-refractivity contribution >= 4 is 21.4 Å². The van der Waals surface area contributed by atoms with Crippen molar-refractivity contribution in [2.75, 3.05) is 0 Å². The number of rotatable bonds is 1. The number of pyridine rings is 1. The van der Waals surface area contributed by atoms with Gasteiger partial charge in [-0.2, -0.15) is 0 Å². The van der Waals surface area contributed by atoms with Gasteiger partial charge in [0.15, 0.2) is 5.88 Å². The predicted octanol–water partition coefficient (Wildman–Crippen LogP) is 3.78. The Labute approximate surface area is 113 Å². The van der Waals surface area contributed by atoms with E-state index in [1.165, 1.54) is 0 Å². The molecule has 0 aliphatic rings. The van der Waals surface area contributed by atoms with Crippen LogP contribution in [0, 0.1) is 6.92 Å². The van der Waals surface area contributed by atoms with Gasteiger partial charge in [-0.3, -0.25) is 4.40 Å². The Hall–Kier alpha value is -1.81. The summed E-state index contributed by atoms with van der Waals surface area (Å²) in [6, 6.07) is 13.4. The highest BCUT2D eigenvalue weighted by Gasteiger charge is 2.13. The third-order valence-corrected chi connectivity index (χ3v) is 3.46. The maximum atomic E-state index is 10.00. The van der Waals surface area contributed by atoms with Gasteiger partial charge in [0.1, 0.15) is 10.4 Å². The van der Waals surface area contributed by atoms with Crippen LogP contribution in [-0.4, -0.2) is 14.5 Å². The van der Waals surface area contributed by atoms with Crippen LogP contribution in [0.15, 0.2) is 47.1 Å². The second-order valence-electron chi connectivity index (χ2n) is 4.20. The molecule has 0 saturated carbocycles. The van der Waals surface area contributed by atoms with E-state index in [0.29, 0.717) is 0 Å². The van der Waals surface area contributed by atoms with E-state index in [1.54, 1.807) is 16.5 Å². The highest BCUT2D eigenvalue weighted by Crippen LogP contribution is 2.29. The summed E-state index contributed by atoms with van der Waals surface area (Å²) in [6.45, 7) is 2.04. The van der Waals surface area contributed by atoms with Crippen LogP contribution in [0.2, 0.25) is 0 Å². The van der Waals surface area contributed by atoms with Gasteiger partial charge in [-0.25, -0.2) is 4.98 Å². The van der Waals surface area contributed by atoms with Crippen molar-refractivity contribution in [2.45, 2.75) is 6.92 Å². The molecule has 0 aliphatic carbocycles. The summed E-state index contributed by atoms with van der Waals surface area (Å²) in [5.74, 6) is 0.917. The van der Waals surface area contributed by atoms with Crippen molar-refractivity contribution in [3.63, 3.8) is 0 Å². The topological polar surface area (TPSA) is 37.5 Å². The van der Waals surface area contributed by atoms with E-state index in [1.807, 2.05) is 37.3 Å². The number of fused-ring (bicyclic) bond motifs is 1. The summed E-state index contributed by atoms with van der Waals surface area (Å²) < 4.78 is 2.47. The molecule has 0 amide bonds. The van der Waals surface area contributed by atoms with Gasteiger partial charge in [0.05, 0.1) is 5.52 Å². The fraction of sp³-hybridized carbons (Fsp3) is 0.0714. The molecular formula is C14H11BrN2O. The Kier molecular flexibility index (Phi) is 2.59. The molecule has 0 spiro atoms. The lowest BCUT2D eigenvalue weighted by atomic mass is 10.1. The van der Waals surface area contributed by atoms with E-state index in [2.05, 4.69) is 20.9 Å².